The second kappa shape index (κ2) is 2.44. The van der Waals surface area contributed by atoms with Gasteiger partial charge in [-0.2, -0.15) is 0 Å². The Labute approximate surface area is 71.4 Å². The van der Waals surface area contributed by atoms with E-state index in [0.717, 1.165) is 0 Å². The van der Waals surface area contributed by atoms with Gasteiger partial charge in [-0.25, -0.2) is 0 Å². The molecular weight excluding hydrogens is 174 g/mol. The monoisotopic (exact) mass is 179 g/mol. The predicted octanol–water partition coefficient (Wildman–Crippen LogP) is 0.764. The number of pyridine rings is 1. The van der Waals surface area contributed by atoms with Gasteiger partial charge in [0.2, 0.25) is 0 Å². The molecule has 0 aliphatic heterocycles. The number of nitro groups is 1. The van der Waals surface area contributed by atoms with Crippen LogP contribution in [-0.2, 0) is 0 Å². The Hall–Kier alpha value is -2.11. The molecule has 2 rings (SSSR count). The predicted molar refractivity (Wildman–Crippen MR) is 45.6 cm³/mol. The topological polar surface area (TPSA) is 91.8 Å². The molecule has 0 bridgehead atoms. The van der Waals surface area contributed by atoms with Gasteiger partial charge in [0.1, 0.15) is 5.39 Å². The molecular formula is C7H5N3O3. The minimum Gasteiger partial charge on any atom is -0.355 e. The van der Waals surface area contributed by atoms with Gasteiger partial charge in [0.25, 0.3) is 11.2 Å². The molecule has 0 aliphatic carbocycles. The van der Waals surface area contributed by atoms with Gasteiger partial charge >= 0.3 is 0 Å². The summed E-state index contributed by atoms with van der Waals surface area (Å²) in [6, 6.07) is 1.57. The zero-order valence-electron chi connectivity index (χ0n) is 6.40. The van der Waals surface area contributed by atoms with Crippen LogP contribution in [0.1, 0.15) is 0 Å². The highest BCUT2D eigenvalue weighted by Gasteiger charge is 2.16. The Kier molecular flexibility index (Phi) is 1.42. The molecule has 0 radical (unpaired) electrons. The zero-order chi connectivity index (χ0) is 9.42. The van der Waals surface area contributed by atoms with Gasteiger partial charge in [-0.05, 0) is 6.07 Å². The maximum absolute atomic E-state index is 11.2. The molecule has 6 heteroatoms. The average molecular weight is 179 g/mol. The molecule has 0 spiro atoms. The van der Waals surface area contributed by atoms with Crippen LogP contribution in [0.2, 0.25) is 0 Å². The van der Waals surface area contributed by atoms with Crippen LogP contribution in [0.25, 0.3) is 10.9 Å². The molecule has 2 N–H and O–H groups in total. The zero-order valence-corrected chi connectivity index (χ0v) is 6.40. The third-order valence-corrected chi connectivity index (χ3v) is 1.78. The minimum absolute atomic E-state index is 0.0903. The van der Waals surface area contributed by atoms with Gasteiger partial charge in [-0.15, -0.1) is 0 Å². The van der Waals surface area contributed by atoms with Crippen molar-refractivity contribution in [3.63, 3.8) is 0 Å². The number of hydrogen-bond acceptors (Lipinski definition) is 3. The molecule has 6 nitrogen and oxygen atoms in total. The van der Waals surface area contributed by atoms with Crippen molar-refractivity contribution in [1.82, 2.24) is 9.97 Å². The lowest BCUT2D eigenvalue weighted by molar-refractivity contribution is -0.383. The van der Waals surface area contributed by atoms with Crippen LogP contribution in [0.5, 0.6) is 0 Å². The van der Waals surface area contributed by atoms with Gasteiger partial charge in [0, 0.05) is 6.20 Å². The van der Waals surface area contributed by atoms with Gasteiger partial charge in [-0.3, -0.25) is 14.9 Å². The molecule has 2 heterocycles. The second-order valence-electron chi connectivity index (χ2n) is 2.53. The van der Waals surface area contributed by atoms with Crippen LogP contribution < -0.4 is 5.56 Å². The molecule has 0 fully saturated rings. The average Bonchev–Trinajstić information content (AvgIpc) is 2.49. The summed E-state index contributed by atoms with van der Waals surface area (Å²) >= 11 is 0. The molecule has 0 amide bonds. The molecule has 0 unspecified atom stereocenters. The maximum Gasteiger partial charge on any atom is 0.300 e. The van der Waals surface area contributed by atoms with Crippen molar-refractivity contribution in [2.24, 2.45) is 0 Å². The molecule has 2 aromatic rings. The van der Waals surface area contributed by atoms with Crippen LogP contribution in [0, 0.1) is 10.1 Å². The third-order valence-electron chi connectivity index (χ3n) is 1.78. The summed E-state index contributed by atoms with van der Waals surface area (Å²) in [6.45, 7) is 0. The highest BCUT2D eigenvalue weighted by molar-refractivity contribution is 5.87. The van der Waals surface area contributed by atoms with E-state index in [9.17, 15) is 14.9 Å². The quantitative estimate of drug-likeness (QED) is 0.500. The molecule has 2 aromatic heterocycles. The summed E-state index contributed by atoms with van der Waals surface area (Å²) in [5, 5.41) is 10.6. The molecule has 0 aromatic carbocycles. The van der Waals surface area contributed by atoms with E-state index in [2.05, 4.69) is 9.97 Å². The lowest BCUT2D eigenvalue weighted by atomic mass is 10.3. The number of aromatic nitrogens is 2. The fourth-order valence-corrected chi connectivity index (χ4v) is 1.22. The first-order valence-electron chi connectivity index (χ1n) is 3.53. The van der Waals surface area contributed by atoms with Crippen molar-refractivity contribution in [3.8, 4) is 0 Å². The van der Waals surface area contributed by atoms with Crippen molar-refractivity contribution < 1.29 is 4.92 Å². The summed E-state index contributed by atoms with van der Waals surface area (Å²) in [7, 11) is 0. The van der Waals surface area contributed by atoms with Crippen LogP contribution >= 0.6 is 0 Å². The van der Waals surface area contributed by atoms with Crippen LogP contribution in [0.4, 0.5) is 5.69 Å². The molecule has 13 heavy (non-hydrogen) atoms. The van der Waals surface area contributed by atoms with E-state index in [-0.39, 0.29) is 11.1 Å². The fraction of sp³-hybridized carbons (Fsp3) is 0. The van der Waals surface area contributed by atoms with Crippen molar-refractivity contribution in [3.05, 3.63) is 38.9 Å². The van der Waals surface area contributed by atoms with Gasteiger partial charge in [-0.1, -0.05) is 0 Å². The Morgan fingerprint density at radius 2 is 2.15 bits per heavy atom. The Morgan fingerprint density at radius 1 is 1.38 bits per heavy atom. The summed E-state index contributed by atoms with van der Waals surface area (Å²) in [6.07, 6.45) is 2.64. The Bertz CT molecular complexity index is 525. The summed E-state index contributed by atoms with van der Waals surface area (Å²) < 4.78 is 0. The SMILES string of the molecule is O=c1[nH]ccc2[nH]cc([N+](=O)[O-])c12. The highest BCUT2D eigenvalue weighted by atomic mass is 16.6. The molecule has 0 atom stereocenters. The minimum atomic E-state index is -0.589. The van der Waals surface area contributed by atoms with E-state index in [4.69, 9.17) is 0 Å². The van der Waals surface area contributed by atoms with Crippen molar-refractivity contribution in [2.75, 3.05) is 0 Å². The molecule has 0 saturated carbocycles. The lowest BCUT2D eigenvalue weighted by Crippen LogP contribution is -2.04. The Balaban J connectivity index is 2.95. The molecule has 66 valence electrons. The number of H-pyrrole nitrogens is 2. The van der Waals surface area contributed by atoms with E-state index >= 15 is 0 Å². The normalized spacial score (nSPS) is 10.5. The van der Waals surface area contributed by atoms with E-state index in [1.54, 1.807) is 6.07 Å². The van der Waals surface area contributed by atoms with Crippen molar-refractivity contribution in [1.29, 1.82) is 0 Å². The standard InChI is InChI=1S/C7H5N3O3/c11-7-6-4(1-2-8-7)9-3-5(6)10(12)13/h1-3,9H,(H,8,11). The smallest absolute Gasteiger partial charge is 0.300 e. The number of rotatable bonds is 1. The number of hydrogen-bond donors (Lipinski definition) is 2. The largest absolute Gasteiger partial charge is 0.355 e. The number of fused-ring (bicyclic) bond motifs is 1. The van der Waals surface area contributed by atoms with E-state index in [1.165, 1.54) is 12.4 Å². The number of nitrogens with one attached hydrogen (secondary N) is 2. The van der Waals surface area contributed by atoms with E-state index in [1.807, 2.05) is 0 Å². The summed E-state index contributed by atoms with van der Waals surface area (Å²) in [5.41, 5.74) is -0.183. The highest BCUT2D eigenvalue weighted by Crippen LogP contribution is 2.20. The fourth-order valence-electron chi connectivity index (χ4n) is 1.22. The molecule has 0 aliphatic rings. The Morgan fingerprint density at radius 3 is 2.85 bits per heavy atom. The third kappa shape index (κ3) is 0.994. The van der Waals surface area contributed by atoms with Crippen LogP contribution in [0.15, 0.2) is 23.3 Å². The first-order chi connectivity index (χ1) is 6.20. The first kappa shape index (κ1) is 7.53. The maximum atomic E-state index is 11.2. The first-order valence-corrected chi connectivity index (χ1v) is 3.53. The summed E-state index contributed by atoms with van der Waals surface area (Å²) in [5.74, 6) is 0. The van der Waals surface area contributed by atoms with Gasteiger partial charge < -0.3 is 9.97 Å². The summed E-state index contributed by atoms with van der Waals surface area (Å²) in [4.78, 5) is 26.1. The number of nitrogens with zero attached hydrogens (tertiary/aromatic N) is 1. The molecule has 0 saturated heterocycles. The van der Waals surface area contributed by atoms with Gasteiger partial charge in [0.05, 0.1) is 16.6 Å². The second-order valence-corrected chi connectivity index (χ2v) is 2.53. The van der Waals surface area contributed by atoms with E-state index < -0.39 is 10.5 Å². The van der Waals surface area contributed by atoms with Crippen LogP contribution in [-0.4, -0.2) is 14.9 Å². The lowest BCUT2D eigenvalue weighted by Gasteiger charge is -1.87. The number of aromatic amines is 2. The van der Waals surface area contributed by atoms with Crippen LogP contribution in [0.3, 0.4) is 0 Å². The van der Waals surface area contributed by atoms with Crippen molar-refractivity contribution in [2.45, 2.75) is 0 Å². The van der Waals surface area contributed by atoms with Crippen molar-refractivity contribution >= 4 is 16.6 Å². The van der Waals surface area contributed by atoms with Gasteiger partial charge in [0.15, 0.2) is 0 Å². The van der Waals surface area contributed by atoms with E-state index in [0.29, 0.717) is 5.52 Å².